The van der Waals surface area contributed by atoms with Crippen LogP contribution in [0.2, 0.25) is 0 Å². The first-order valence-corrected chi connectivity index (χ1v) is 11.2. The number of piperazine rings is 1. The van der Waals surface area contributed by atoms with Crippen molar-refractivity contribution in [2.45, 2.75) is 39.3 Å². The molecule has 7 heteroatoms. The molecule has 1 aromatic carbocycles. The Balaban J connectivity index is 1.48. The summed E-state index contributed by atoms with van der Waals surface area (Å²) in [4.78, 5) is 23.2. The van der Waals surface area contributed by atoms with Crippen LogP contribution in [-0.4, -0.2) is 81.1 Å². The third-order valence-electron chi connectivity index (χ3n) is 6.26. The number of nitrogens with zero attached hydrogens (tertiary/aromatic N) is 4. The molecule has 0 radical (unpaired) electrons. The molecule has 0 spiro atoms. The van der Waals surface area contributed by atoms with E-state index in [4.69, 9.17) is 0 Å². The molecule has 1 aromatic rings. The second-order valence-corrected chi connectivity index (χ2v) is 8.77. The van der Waals surface area contributed by atoms with Crippen molar-refractivity contribution < 1.29 is 4.79 Å². The first-order valence-electron chi connectivity index (χ1n) is 11.2. The van der Waals surface area contributed by atoms with Crippen molar-refractivity contribution >= 4 is 17.6 Å². The number of amides is 1. The lowest BCUT2D eigenvalue weighted by atomic mass is 10.0. The van der Waals surface area contributed by atoms with Crippen LogP contribution in [0.25, 0.3) is 0 Å². The Morgan fingerprint density at radius 1 is 1.07 bits per heavy atom. The van der Waals surface area contributed by atoms with Crippen molar-refractivity contribution in [1.82, 2.24) is 20.4 Å². The Morgan fingerprint density at radius 3 is 2.33 bits per heavy atom. The Bertz CT molecular complexity index is 709. The normalized spacial score (nSPS) is 20.1. The van der Waals surface area contributed by atoms with E-state index in [0.717, 1.165) is 57.3 Å². The van der Waals surface area contributed by atoms with Crippen molar-refractivity contribution in [2.75, 3.05) is 58.3 Å². The Labute approximate surface area is 181 Å². The minimum absolute atomic E-state index is 0.227. The predicted octanol–water partition coefficient (Wildman–Crippen LogP) is 1.75. The SMILES string of the molecule is CN=C(NCc1ccc(N2CCCC2=O)cc1)NCC(C(C)C)N1CCN(C)CC1. The first-order chi connectivity index (χ1) is 14.5. The van der Waals surface area contributed by atoms with Gasteiger partial charge in [0.15, 0.2) is 5.96 Å². The molecule has 3 rings (SSSR count). The van der Waals surface area contributed by atoms with Gasteiger partial charge in [0.2, 0.25) is 5.91 Å². The van der Waals surface area contributed by atoms with E-state index in [1.165, 1.54) is 5.56 Å². The van der Waals surface area contributed by atoms with Crippen LogP contribution < -0.4 is 15.5 Å². The molecular weight excluding hydrogens is 376 g/mol. The maximum absolute atomic E-state index is 11.9. The molecule has 166 valence electrons. The second kappa shape index (κ2) is 10.8. The van der Waals surface area contributed by atoms with Gasteiger partial charge in [-0.25, -0.2) is 0 Å². The van der Waals surface area contributed by atoms with Gasteiger partial charge in [-0.15, -0.1) is 0 Å². The molecule has 0 aromatic heterocycles. The van der Waals surface area contributed by atoms with Crippen molar-refractivity contribution in [3.05, 3.63) is 29.8 Å². The van der Waals surface area contributed by atoms with Gasteiger partial charge in [0, 0.05) is 71.0 Å². The van der Waals surface area contributed by atoms with Gasteiger partial charge in [-0.05, 0) is 37.1 Å². The molecule has 1 atom stereocenters. The van der Waals surface area contributed by atoms with Crippen LogP contribution >= 0.6 is 0 Å². The average molecular weight is 415 g/mol. The van der Waals surface area contributed by atoms with E-state index in [1.54, 1.807) is 0 Å². The van der Waals surface area contributed by atoms with Gasteiger partial charge in [0.25, 0.3) is 0 Å². The van der Waals surface area contributed by atoms with Gasteiger partial charge >= 0.3 is 0 Å². The number of aliphatic imine (C=N–C) groups is 1. The van der Waals surface area contributed by atoms with Crippen LogP contribution in [0.3, 0.4) is 0 Å². The summed E-state index contributed by atoms with van der Waals surface area (Å²) in [5.41, 5.74) is 2.17. The minimum atomic E-state index is 0.227. The maximum Gasteiger partial charge on any atom is 0.227 e. The van der Waals surface area contributed by atoms with Gasteiger partial charge in [-0.3, -0.25) is 14.7 Å². The summed E-state index contributed by atoms with van der Waals surface area (Å²) in [6.45, 7) is 11.5. The molecule has 2 saturated heterocycles. The van der Waals surface area contributed by atoms with Crippen LogP contribution in [0, 0.1) is 5.92 Å². The zero-order valence-electron chi connectivity index (χ0n) is 19.0. The molecule has 0 bridgehead atoms. The zero-order valence-corrected chi connectivity index (χ0v) is 19.0. The van der Waals surface area contributed by atoms with E-state index < -0.39 is 0 Å². The van der Waals surface area contributed by atoms with E-state index in [9.17, 15) is 4.79 Å². The summed E-state index contributed by atoms with van der Waals surface area (Å²) in [7, 11) is 4.01. The molecule has 1 unspecified atom stereocenters. The molecule has 1 amide bonds. The van der Waals surface area contributed by atoms with E-state index in [1.807, 2.05) is 24.1 Å². The largest absolute Gasteiger partial charge is 0.355 e. The third-order valence-corrected chi connectivity index (χ3v) is 6.26. The van der Waals surface area contributed by atoms with E-state index >= 15 is 0 Å². The van der Waals surface area contributed by atoms with Gasteiger partial charge in [-0.1, -0.05) is 26.0 Å². The number of hydrogen-bond acceptors (Lipinski definition) is 4. The van der Waals surface area contributed by atoms with Crippen LogP contribution in [0.5, 0.6) is 0 Å². The number of nitrogens with one attached hydrogen (secondary N) is 2. The van der Waals surface area contributed by atoms with Gasteiger partial charge in [0.1, 0.15) is 0 Å². The van der Waals surface area contributed by atoms with Crippen LogP contribution in [0.1, 0.15) is 32.3 Å². The zero-order chi connectivity index (χ0) is 21.5. The fourth-order valence-corrected chi connectivity index (χ4v) is 4.26. The number of rotatable bonds is 7. The van der Waals surface area contributed by atoms with Crippen LogP contribution in [-0.2, 0) is 11.3 Å². The third kappa shape index (κ3) is 5.95. The number of carbonyl (C=O) groups excluding carboxylic acids is 1. The molecule has 2 aliphatic heterocycles. The first kappa shape index (κ1) is 22.6. The number of carbonyl (C=O) groups is 1. The lowest BCUT2D eigenvalue weighted by molar-refractivity contribution is -0.117. The Kier molecular flexibility index (Phi) is 8.10. The van der Waals surface area contributed by atoms with Gasteiger partial charge < -0.3 is 20.4 Å². The van der Waals surface area contributed by atoms with Crippen LogP contribution in [0.15, 0.2) is 29.3 Å². The molecular formula is C23H38N6O. The Hall–Kier alpha value is -2.12. The predicted molar refractivity (Wildman–Crippen MR) is 124 cm³/mol. The van der Waals surface area contributed by atoms with Gasteiger partial charge in [0.05, 0.1) is 0 Å². The van der Waals surface area contributed by atoms with Crippen molar-refractivity contribution in [2.24, 2.45) is 10.9 Å². The molecule has 2 heterocycles. The Morgan fingerprint density at radius 2 is 1.77 bits per heavy atom. The highest BCUT2D eigenvalue weighted by Crippen LogP contribution is 2.21. The lowest BCUT2D eigenvalue weighted by Crippen LogP contribution is -2.55. The number of hydrogen-bond donors (Lipinski definition) is 2. The number of anilines is 1. The lowest BCUT2D eigenvalue weighted by Gasteiger charge is -2.40. The van der Waals surface area contributed by atoms with Crippen molar-refractivity contribution in [3.63, 3.8) is 0 Å². The standard InChI is InChI=1S/C23H38N6O/c1-18(2)21(28-14-12-27(4)13-15-28)17-26-23(24-3)25-16-19-7-9-20(10-8-19)29-11-5-6-22(29)30/h7-10,18,21H,5-6,11-17H2,1-4H3,(H2,24,25,26). The van der Waals surface area contributed by atoms with Crippen molar-refractivity contribution in [3.8, 4) is 0 Å². The summed E-state index contributed by atoms with van der Waals surface area (Å²) in [6, 6.07) is 8.75. The van der Waals surface area contributed by atoms with E-state index in [-0.39, 0.29) is 5.91 Å². The molecule has 0 saturated carbocycles. The smallest absolute Gasteiger partial charge is 0.227 e. The molecule has 2 aliphatic rings. The monoisotopic (exact) mass is 414 g/mol. The molecule has 0 aliphatic carbocycles. The fourth-order valence-electron chi connectivity index (χ4n) is 4.26. The molecule has 2 fully saturated rings. The number of likely N-dealkylation sites (N-methyl/N-ethyl adjacent to an activating group) is 1. The average Bonchev–Trinajstić information content (AvgIpc) is 3.17. The minimum Gasteiger partial charge on any atom is -0.355 e. The maximum atomic E-state index is 11.9. The van der Waals surface area contributed by atoms with Crippen LogP contribution in [0.4, 0.5) is 5.69 Å². The highest BCUT2D eigenvalue weighted by Gasteiger charge is 2.25. The topological polar surface area (TPSA) is 63.2 Å². The van der Waals surface area contributed by atoms with Gasteiger partial charge in [-0.2, -0.15) is 0 Å². The molecule has 30 heavy (non-hydrogen) atoms. The summed E-state index contributed by atoms with van der Waals surface area (Å²) in [5.74, 6) is 1.64. The fraction of sp³-hybridized carbons (Fsp3) is 0.652. The summed E-state index contributed by atoms with van der Waals surface area (Å²) < 4.78 is 0. The number of guanidine groups is 1. The molecule has 7 nitrogen and oxygen atoms in total. The second-order valence-electron chi connectivity index (χ2n) is 8.77. The summed E-state index contributed by atoms with van der Waals surface area (Å²) in [6.07, 6.45) is 1.62. The van der Waals surface area contributed by atoms with E-state index in [0.29, 0.717) is 24.9 Å². The highest BCUT2D eigenvalue weighted by molar-refractivity contribution is 5.95. The summed E-state index contributed by atoms with van der Waals surface area (Å²) >= 11 is 0. The molecule has 2 N–H and O–H groups in total. The van der Waals surface area contributed by atoms with Crippen molar-refractivity contribution in [1.29, 1.82) is 0 Å². The van der Waals surface area contributed by atoms with E-state index in [2.05, 4.69) is 58.5 Å². The summed E-state index contributed by atoms with van der Waals surface area (Å²) in [5, 5.41) is 6.94. The highest BCUT2D eigenvalue weighted by atomic mass is 16.2. The quantitative estimate of drug-likeness (QED) is 0.526. The number of benzene rings is 1.